The van der Waals surface area contributed by atoms with Gasteiger partial charge in [-0.05, 0) is 37.6 Å². The Hall–Kier alpha value is -3.22. The zero-order valence-electron chi connectivity index (χ0n) is 14.0. The molecular formula is C18H19N4O3+. The Morgan fingerprint density at radius 3 is 2.52 bits per heavy atom. The number of rotatable bonds is 2. The molecular weight excluding hydrogens is 320 g/mol. The molecule has 3 rings (SSSR count). The van der Waals surface area contributed by atoms with Gasteiger partial charge in [-0.15, -0.1) is 0 Å². The van der Waals surface area contributed by atoms with Crippen molar-refractivity contribution in [1.29, 1.82) is 0 Å². The zero-order valence-corrected chi connectivity index (χ0v) is 14.0. The van der Waals surface area contributed by atoms with Crippen molar-refractivity contribution in [3.8, 4) is 0 Å². The molecule has 0 atom stereocenters. The molecule has 1 aliphatic rings. The van der Waals surface area contributed by atoms with Gasteiger partial charge in [-0.1, -0.05) is 18.2 Å². The smallest absolute Gasteiger partial charge is 0.267 e. The summed E-state index contributed by atoms with van der Waals surface area (Å²) in [6, 6.07) is 13.4. The Kier molecular flexibility index (Phi) is 4.22. The van der Waals surface area contributed by atoms with E-state index >= 15 is 0 Å². The third-order valence-electron chi connectivity index (χ3n) is 4.02. The third kappa shape index (κ3) is 3.65. The van der Waals surface area contributed by atoms with Crippen molar-refractivity contribution >= 4 is 17.4 Å². The lowest BCUT2D eigenvalue weighted by atomic mass is 9.89. The Labute approximate surface area is 144 Å². The van der Waals surface area contributed by atoms with Crippen LogP contribution < -0.4 is 15.8 Å². The fourth-order valence-corrected chi connectivity index (χ4v) is 2.87. The minimum Gasteiger partial charge on any atom is -0.267 e. The molecule has 0 saturated carbocycles. The maximum atomic E-state index is 12.3. The summed E-state index contributed by atoms with van der Waals surface area (Å²) >= 11 is 0. The number of benzene rings is 2. The summed E-state index contributed by atoms with van der Waals surface area (Å²) in [4.78, 5) is 25.8. The van der Waals surface area contributed by atoms with Crippen LogP contribution in [-0.4, -0.2) is 22.2 Å². The molecule has 0 fully saturated rings. The normalized spacial score (nSPS) is 14.9. The highest BCUT2D eigenvalue weighted by Crippen LogP contribution is 2.16. The number of hydrogen-bond acceptors (Lipinski definition) is 4. The molecule has 2 aromatic rings. The van der Waals surface area contributed by atoms with Crippen LogP contribution in [0.15, 0.2) is 48.5 Å². The van der Waals surface area contributed by atoms with Crippen molar-refractivity contribution in [2.45, 2.75) is 25.8 Å². The minimum absolute atomic E-state index is 0.0523. The first-order valence-electron chi connectivity index (χ1n) is 7.90. The average Bonchev–Trinajstić information content (AvgIpc) is 2.58. The largest absolute Gasteiger partial charge is 0.299 e. The molecule has 1 aliphatic heterocycles. The SMILES string of the molecule is CC1(C)Cc2ccccc2C(NNC(=O)c2ccc([N+](=O)[O-])cc2)=[NH+]1. The second-order valence-electron chi connectivity index (χ2n) is 6.60. The minimum atomic E-state index is -0.499. The number of nitrogens with zero attached hydrogens (tertiary/aromatic N) is 1. The number of nitro groups is 1. The highest BCUT2D eigenvalue weighted by molar-refractivity contribution is 6.00. The number of hydrogen-bond donors (Lipinski definition) is 3. The van der Waals surface area contributed by atoms with E-state index in [9.17, 15) is 14.9 Å². The van der Waals surface area contributed by atoms with Crippen molar-refractivity contribution in [3.05, 3.63) is 75.3 Å². The maximum absolute atomic E-state index is 12.3. The second-order valence-corrected chi connectivity index (χ2v) is 6.60. The van der Waals surface area contributed by atoms with Crippen LogP contribution in [0.25, 0.3) is 0 Å². The Balaban J connectivity index is 1.75. The third-order valence-corrected chi connectivity index (χ3v) is 4.02. The molecule has 3 N–H and O–H groups in total. The van der Waals surface area contributed by atoms with E-state index in [1.807, 2.05) is 18.2 Å². The Morgan fingerprint density at radius 1 is 1.16 bits per heavy atom. The molecule has 7 heteroatoms. The van der Waals surface area contributed by atoms with Gasteiger partial charge in [-0.2, -0.15) is 10.9 Å². The molecule has 0 spiro atoms. The van der Waals surface area contributed by atoms with Gasteiger partial charge in [0, 0.05) is 24.1 Å². The number of carbonyl (C=O) groups excluding carboxylic acids is 1. The second kappa shape index (κ2) is 6.35. The summed E-state index contributed by atoms with van der Waals surface area (Å²) in [5.74, 6) is 0.354. The fourth-order valence-electron chi connectivity index (χ4n) is 2.87. The summed E-state index contributed by atoms with van der Waals surface area (Å²) < 4.78 is 0. The van der Waals surface area contributed by atoms with Crippen LogP contribution in [0.1, 0.15) is 35.3 Å². The van der Waals surface area contributed by atoms with E-state index in [0.29, 0.717) is 5.56 Å². The lowest BCUT2D eigenvalue weighted by Crippen LogP contribution is -2.90. The number of amidine groups is 1. The molecule has 7 nitrogen and oxygen atoms in total. The van der Waals surface area contributed by atoms with Gasteiger partial charge < -0.3 is 0 Å². The number of carbonyl (C=O) groups is 1. The molecule has 1 amide bonds. The van der Waals surface area contributed by atoms with Crippen molar-refractivity contribution in [3.63, 3.8) is 0 Å². The molecule has 0 saturated heterocycles. The predicted octanol–water partition coefficient (Wildman–Crippen LogP) is 0.691. The van der Waals surface area contributed by atoms with Crippen LogP contribution in [0.5, 0.6) is 0 Å². The number of amides is 1. The topological polar surface area (TPSA) is 98.2 Å². The van der Waals surface area contributed by atoms with E-state index in [2.05, 4.69) is 35.8 Å². The van der Waals surface area contributed by atoms with Crippen molar-refractivity contribution in [2.24, 2.45) is 0 Å². The number of nitrogens with one attached hydrogen (secondary N) is 3. The van der Waals surface area contributed by atoms with Crippen molar-refractivity contribution in [1.82, 2.24) is 10.9 Å². The predicted molar refractivity (Wildman–Crippen MR) is 93.0 cm³/mol. The number of fused-ring (bicyclic) bond motifs is 1. The van der Waals surface area contributed by atoms with Gasteiger partial charge in [0.25, 0.3) is 17.4 Å². The molecule has 0 aliphatic carbocycles. The van der Waals surface area contributed by atoms with E-state index in [1.165, 1.54) is 29.8 Å². The summed E-state index contributed by atoms with van der Waals surface area (Å²) in [7, 11) is 0. The van der Waals surface area contributed by atoms with Crippen LogP contribution in [-0.2, 0) is 6.42 Å². The fraction of sp³-hybridized carbons (Fsp3) is 0.222. The molecule has 0 unspecified atom stereocenters. The lowest BCUT2D eigenvalue weighted by Gasteiger charge is -2.25. The zero-order chi connectivity index (χ0) is 18.0. The van der Waals surface area contributed by atoms with Gasteiger partial charge in [-0.25, -0.2) is 0 Å². The number of hydrazine groups is 1. The molecule has 0 bridgehead atoms. The molecule has 25 heavy (non-hydrogen) atoms. The van der Waals surface area contributed by atoms with Crippen LogP contribution in [0.3, 0.4) is 0 Å². The van der Waals surface area contributed by atoms with Crippen molar-refractivity contribution < 1.29 is 14.7 Å². The standard InChI is InChI=1S/C18H18N4O3/c1-18(2)11-13-5-3-4-6-15(13)16(19-18)20-21-17(23)12-7-9-14(10-8-12)22(24)25/h3-10H,11H2,1-2H3,(H,19,20)(H,21,23)/p+1. The summed E-state index contributed by atoms with van der Waals surface area (Å²) in [5, 5.41) is 10.7. The number of non-ortho nitro benzene ring substituents is 1. The lowest BCUT2D eigenvalue weighted by molar-refractivity contribution is -0.547. The maximum Gasteiger partial charge on any atom is 0.299 e. The first-order valence-corrected chi connectivity index (χ1v) is 7.90. The first kappa shape index (κ1) is 16.6. The number of nitro benzene ring substituents is 1. The van der Waals surface area contributed by atoms with E-state index < -0.39 is 4.92 Å². The Morgan fingerprint density at radius 2 is 1.84 bits per heavy atom. The van der Waals surface area contributed by atoms with E-state index in [4.69, 9.17) is 0 Å². The highest BCUT2D eigenvalue weighted by Gasteiger charge is 2.31. The van der Waals surface area contributed by atoms with E-state index in [1.54, 1.807) is 0 Å². The van der Waals surface area contributed by atoms with Crippen LogP contribution >= 0.6 is 0 Å². The summed E-state index contributed by atoms with van der Waals surface area (Å²) in [5.41, 5.74) is 7.92. The highest BCUT2D eigenvalue weighted by atomic mass is 16.6. The van der Waals surface area contributed by atoms with E-state index in [0.717, 1.165) is 17.8 Å². The monoisotopic (exact) mass is 339 g/mol. The molecule has 2 aromatic carbocycles. The molecule has 1 heterocycles. The summed E-state index contributed by atoms with van der Waals surface area (Å²) in [6.45, 7) is 4.17. The van der Waals surface area contributed by atoms with E-state index in [-0.39, 0.29) is 17.1 Å². The van der Waals surface area contributed by atoms with Gasteiger partial charge in [0.1, 0.15) is 5.54 Å². The molecule has 0 radical (unpaired) electrons. The van der Waals surface area contributed by atoms with Gasteiger partial charge in [0.2, 0.25) is 0 Å². The van der Waals surface area contributed by atoms with Crippen molar-refractivity contribution in [2.75, 3.05) is 0 Å². The quantitative estimate of drug-likeness (QED) is 0.554. The summed E-state index contributed by atoms with van der Waals surface area (Å²) in [6.07, 6.45) is 0.880. The van der Waals surface area contributed by atoms with Gasteiger partial charge in [-0.3, -0.25) is 19.9 Å². The van der Waals surface area contributed by atoms with Crippen LogP contribution in [0, 0.1) is 10.1 Å². The Bertz CT molecular complexity index is 857. The van der Waals surface area contributed by atoms with Crippen LogP contribution in [0.4, 0.5) is 5.69 Å². The van der Waals surface area contributed by atoms with Gasteiger partial charge >= 0.3 is 0 Å². The first-order chi connectivity index (χ1) is 11.9. The molecule has 0 aromatic heterocycles. The average molecular weight is 339 g/mol. The van der Waals surface area contributed by atoms with Gasteiger partial charge in [0.15, 0.2) is 0 Å². The van der Waals surface area contributed by atoms with Crippen LogP contribution in [0.2, 0.25) is 0 Å². The molecule has 128 valence electrons. The van der Waals surface area contributed by atoms with Gasteiger partial charge in [0.05, 0.1) is 10.5 Å².